The first-order valence-electron chi connectivity index (χ1n) is 8.99. The summed E-state index contributed by atoms with van der Waals surface area (Å²) in [5.74, 6) is -2.16. The minimum absolute atomic E-state index is 0.201. The molecule has 0 aliphatic rings. The molecule has 0 bridgehead atoms. The molecule has 0 saturated carbocycles. The summed E-state index contributed by atoms with van der Waals surface area (Å²) in [6, 6.07) is 17.1. The number of esters is 1. The molecule has 2 amide bonds. The molecule has 162 valence electrons. The van der Waals surface area contributed by atoms with E-state index in [1.165, 1.54) is 18.3 Å². The summed E-state index contributed by atoms with van der Waals surface area (Å²) in [6.07, 6.45) is 1.32. The van der Waals surface area contributed by atoms with Gasteiger partial charge in [0.1, 0.15) is 5.75 Å². The minimum Gasteiger partial charge on any atom is -0.423 e. The zero-order valence-corrected chi connectivity index (χ0v) is 18.4. The number of benzene rings is 3. The smallest absolute Gasteiger partial charge is 0.343 e. The van der Waals surface area contributed by atoms with Crippen LogP contribution in [0.15, 0.2) is 71.8 Å². The third-order valence-electron chi connectivity index (χ3n) is 3.93. The summed E-state index contributed by atoms with van der Waals surface area (Å²) in [5, 5.41) is 7.17. The van der Waals surface area contributed by atoms with E-state index in [9.17, 15) is 14.4 Å². The van der Waals surface area contributed by atoms with Crippen LogP contribution in [0.5, 0.6) is 5.75 Å². The summed E-state index contributed by atoms with van der Waals surface area (Å²) in [6.45, 7) is 0. The van der Waals surface area contributed by atoms with Crippen LogP contribution in [0.25, 0.3) is 0 Å². The lowest BCUT2D eigenvalue weighted by atomic mass is 10.2. The number of carbonyl (C=O) groups is 3. The summed E-state index contributed by atoms with van der Waals surface area (Å²) in [5.41, 5.74) is 3.26. The van der Waals surface area contributed by atoms with E-state index in [0.717, 1.165) is 0 Å². The second kappa shape index (κ2) is 10.8. The fraction of sp³-hybridized carbons (Fsp3) is 0. The van der Waals surface area contributed by atoms with Crippen LogP contribution in [-0.4, -0.2) is 24.0 Å². The molecular formula is C22H14Cl3N3O4. The number of carbonyl (C=O) groups excluding carboxylic acids is 3. The van der Waals surface area contributed by atoms with E-state index < -0.39 is 17.8 Å². The number of amides is 2. The van der Waals surface area contributed by atoms with Gasteiger partial charge in [0, 0.05) is 10.0 Å². The van der Waals surface area contributed by atoms with Crippen LogP contribution < -0.4 is 15.5 Å². The maximum Gasteiger partial charge on any atom is 0.343 e. The molecule has 0 heterocycles. The standard InChI is InChI=1S/C22H14Cl3N3O4/c23-15-5-3-14(4-6-15)22(31)32-17-8-1-13(2-9-17)12-26-28-21(30)20(29)27-19-11-16(24)7-10-18(19)25/h1-12H,(H,27,29)(H,28,30)/b26-12+. The highest BCUT2D eigenvalue weighted by molar-refractivity contribution is 6.42. The number of nitrogens with one attached hydrogen (secondary N) is 2. The highest BCUT2D eigenvalue weighted by atomic mass is 35.5. The number of hydrogen-bond acceptors (Lipinski definition) is 5. The number of halogens is 3. The second-order valence-corrected chi connectivity index (χ2v) is 7.52. The number of rotatable bonds is 5. The van der Waals surface area contributed by atoms with Crippen LogP contribution in [0.2, 0.25) is 15.1 Å². The number of nitrogens with zero attached hydrogens (tertiary/aromatic N) is 1. The molecule has 0 fully saturated rings. The molecule has 10 heteroatoms. The van der Waals surface area contributed by atoms with Crippen molar-refractivity contribution in [2.45, 2.75) is 0 Å². The first kappa shape index (κ1) is 23.3. The largest absolute Gasteiger partial charge is 0.423 e. The van der Waals surface area contributed by atoms with Gasteiger partial charge in [-0.1, -0.05) is 34.8 Å². The Balaban J connectivity index is 1.52. The van der Waals surface area contributed by atoms with Gasteiger partial charge in [-0.25, -0.2) is 10.2 Å². The Kier molecular flexibility index (Phi) is 7.83. The predicted octanol–water partition coefficient (Wildman–Crippen LogP) is 4.95. The molecule has 0 radical (unpaired) electrons. The van der Waals surface area contributed by atoms with Crippen molar-refractivity contribution in [1.29, 1.82) is 0 Å². The molecule has 0 saturated heterocycles. The summed E-state index contributed by atoms with van der Waals surface area (Å²) in [4.78, 5) is 35.9. The van der Waals surface area contributed by atoms with Gasteiger partial charge in [0.25, 0.3) is 0 Å². The monoisotopic (exact) mass is 489 g/mol. The Labute approximate surface area is 197 Å². The molecule has 0 atom stereocenters. The maximum absolute atomic E-state index is 12.1. The molecule has 0 aliphatic carbocycles. The van der Waals surface area contributed by atoms with Crippen molar-refractivity contribution in [2.24, 2.45) is 5.10 Å². The van der Waals surface area contributed by atoms with Gasteiger partial charge in [-0.3, -0.25) is 9.59 Å². The molecule has 2 N–H and O–H groups in total. The average Bonchev–Trinajstić information content (AvgIpc) is 2.77. The molecule has 32 heavy (non-hydrogen) atoms. The van der Waals surface area contributed by atoms with Crippen molar-refractivity contribution in [1.82, 2.24) is 5.43 Å². The number of ether oxygens (including phenoxy) is 1. The molecular weight excluding hydrogens is 477 g/mol. The van der Waals surface area contributed by atoms with Gasteiger partial charge in [0.05, 0.1) is 22.5 Å². The second-order valence-electron chi connectivity index (χ2n) is 6.24. The van der Waals surface area contributed by atoms with Gasteiger partial charge in [-0.15, -0.1) is 0 Å². The predicted molar refractivity (Wildman–Crippen MR) is 124 cm³/mol. The summed E-state index contributed by atoms with van der Waals surface area (Å²) >= 11 is 17.6. The van der Waals surface area contributed by atoms with Crippen molar-refractivity contribution in [2.75, 3.05) is 5.32 Å². The molecule has 3 rings (SSSR count). The fourth-order valence-corrected chi connectivity index (χ4v) is 2.83. The lowest BCUT2D eigenvalue weighted by molar-refractivity contribution is -0.136. The fourth-order valence-electron chi connectivity index (χ4n) is 2.36. The number of hydrazone groups is 1. The molecule has 3 aromatic rings. The van der Waals surface area contributed by atoms with E-state index in [0.29, 0.717) is 26.9 Å². The van der Waals surface area contributed by atoms with Crippen molar-refractivity contribution < 1.29 is 19.1 Å². The zero-order chi connectivity index (χ0) is 23.1. The lowest BCUT2D eigenvalue weighted by Gasteiger charge is -2.06. The van der Waals surface area contributed by atoms with Gasteiger partial charge >= 0.3 is 17.8 Å². The lowest BCUT2D eigenvalue weighted by Crippen LogP contribution is -2.32. The zero-order valence-electron chi connectivity index (χ0n) is 16.1. The number of hydrogen-bond donors (Lipinski definition) is 2. The Morgan fingerprint density at radius 2 is 1.47 bits per heavy atom. The Hall–Kier alpha value is -3.39. The highest BCUT2D eigenvalue weighted by Gasteiger charge is 2.15. The van der Waals surface area contributed by atoms with Gasteiger partial charge in [0.15, 0.2) is 0 Å². The molecule has 7 nitrogen and oxygen atoms in total. The SMILES string of the molecule is O=C(N/N=C/c1ccc(OC(=O)c2ccc(Cl)cc2)cc1)C(=O)Nc1cc(Cl)ccc1Cl. The van der Waals surface area contributed by atoms with Crippen molar-refractivity contribution in [3.05, 3.63) is 92.9 Å². The first-order valence-corrected chi connectivity index (χ1v) is 10.1. The van der Waals surface area contributed by atoms with Gasteiger partial charge < -0.3 is 10.1 Å². The van der Waals surface area contributed by atoms with Crippen LogP contribution in [0.3, 0.4) is 0 Å². The van der Waals surface area contributed by atoms with Crippen LogP contribution in [0.1, 0.15) is 15.9 Å². The average molecular weight is 491 g/mol. The summed E-state index contributed by atoms with van der Waals surface area (Å²) < 4.78 is 5.27. The van der Waals surface area contributed by atoms with E-state index in [-0.39, 0.29) is 10.7 Å². The Bertz CT molecular complexity index is 1180. The molecule has 0 unspecified atom stereocenters. The van der Waals surface area contributed by atoms with Crippen LogP contribution in [-0.2, 0) is 9.59 Å². The van der Waals surface area contributed by atoms with E-state index >= 15 is 0 Å². The Morgan fingerprint density at radius 1 is 0.812 bits per heavy atom. The third-order valence-corrected chi connectivity index (χ3v) is 4.75. The quantitative estimate of drug-likeness (QED) is 0.174. The van der Waals surface area contributed by atoms with Gasteiger partial charge in [-0.2, -0.15) is 5.10 Å². The van der Waals surface area contributed by atoms with Crippen LogP contribution >= 0.6 is 34.8 Å². The topological polar surface area (TPSA) is 96.9 Å². The molecule has 0 aliphatic heterocycles. The normalized spacial score (nSPS) is 10.6. The highest BCUT2D eigenvalue weighted by Crippen LogP contribution is 2.25. The van der Waals surface area contributed by atoms with Crippen molar-refractivity contribution >= 4 is 64.5 Å². The maximum atomic E-state index is 12.1. The van der Waals surface area contributed by atoms with E-state index in [1.807, 2.05) is 0 Å². The third kappa shape index (κ3) is 6.55. The molecule has 3 aromatic carbocycles. The molecule has 0 spiro atoms. The molecule has 0 aromatic heterocycles. The van der Waals surface area contributed by atoms with E-state index in [2.05, 4.69) is 15.8 Å². The van der Waals surface area contributed by atoms with Crippen molar-refractivity contribution in [3.8, 4) is 5.75 Å². The van der Waals surface area contributed by atoms with E-state index in [1.54, 1.807) is 54.6 Å². The van der Waals surface area contributed by atoms with Crippen molar-refractivity contribution in [3.63, 3.8) is 0 Å². The van der Waals surface area contributed by atoms with E-state index in [4.69, 9.17) is 39.5 Å². The Morgan fingerprint density at radius 3 is 2.16 bits per heavy atom. The van der Waals surface area contributed by atoms with Crippen LogP contribution in [0.4, 0.5) is 5.69 Å². The first-order chi connectivity index (χ1) is 15.3. The summed E-state index contributed by atoms with van der Waals surface area (Å²) in [7, 11) is 0. The van der Waals surface area contributed by atoms with Gasteiger partial charge in [0.2, 0.25) is 0 Å². The van der Waals surface area contributed by atoms with Gasteiger partial charge in [-0.05, 0) is 72.3 Å². The number of anilines is 1. The van der Waals surface area contributed by atoms with Crippen LogP contribution in [0, 0.1) is 0 Å². The minimum atomic E-state index is -0.995.